The molecule has 16 heavy (non-hydrogen) atoms. The largest absolute Gasteiger partial charge is 0.481 e. The van der Waals surface area contributed by atoms with Crippen LogP contribution >= 0.6 is 0 Å². The molecule has 0 spiro atoms. The molecule has 0 aliphatic carbocycles. The fraction of sp³-hybridized carbons (Fsp3) is 0.917. The molecule has 1 saturated heterocycles. The summed E-state index contributed by atoms with van der Waals surface area (Å²) in [4.78, 5) is 13.6. The zero-order chi connectivity index (χ0) is 12.2. The van der Waals surface area contributed by atoms with E-state index in [4.69, 9.17) is 4.74 Å². The van der Waals surface area contributed by atoms with Gasteiger partial charge in [0.05, 0.1) is 5.41 Å². The van der Waals surface area contributed by atoms with Gasteiger partial charge in [-0.3, -0.25) is 4.79 Å². The Bertz CT molecular complexity index is 236. The highest BCUT2D eigenvalue weighted by Gasteiger charge is 2.41. The van der Waals surface area contributed by atoms with E-state index in [1.165, 1.54) is 0 Å². The van der Waals surface area contributed by atoms with Gasteiger partial charge in [-0.05, 0) is 33.2 Å². The molecule has 0 aromatic rings. The smallest absolute Gasteiger partial charge is 0.311 e. The van der Waals surface area contributed by atoms with Crippen LogP contribution in [0.15, 0.2) is 0 Å². The first-order valence-corrected chi connectivity index (χ1v) is 6.03. The zero-order valence-electron chi connectivity index (χ0n) is 10.5. The van der Waals surface area contributed by atoms with E-state index in [-0.39, 0.29) is 0 Å². The Morgan fingerprint density at radius 2 is 2.06 bits per heavy atom. The minimum absolute atomic E-state index is 0.430. The summed E-state index contributed by atoms with van der Waals surface area (Å²) >= 11 is 0. The SMILES string of the molecule is CCC(C)N(C)CC1(C(=O)O)CCOCC1. The van der Waals surface area contributed by atoms with Crippen LogP contribution in [0.4, 0.5) is 0 Å². The van der Waals surface area contributed by atoms with Crippen LogP contribution in [0, 0.1) is 5.41 Å². The zero-order valence-corrected chi connectivity index (χ0v) is 10.5. The predicted molar refractivity (Wildman–Crippen MR) is 62.5 cm³/mol. The van der Waals surface area contributed by atoms with E-state index in [0.717, 1.165) is 6.42 Å². The number of ether oxygens (including phenoxy) is 1. The Hall–Kier alpha value is -0.610. The van der Waals surface area contributed by atoms with Gasteiger partial charge in [0.1, 0.15) is 0 Å². The number of aliphatic carboxylic acids is 1. The number of rotatable bonds is 5. The van der Waals surface area contributed by atoms with Crippen molar-refractivity contribution in [2.45, 2.75) is 39.2 Å². The average molecular weight is 229 g/mol. The highest BCUT2D eigenvalue weighted by Crippen LogP contribution is 2.32. The van der Waals surface area contributed by atoms with Crippen LogP contribution in [-0.2, 0) is 9.53 Å². The molecule has 0 aromatic carbocycles. The fourth-order valence-corrected chi connectivity index (χ4v) is 2.15. The van der Waals surface area contributed by atoms with Gasteiger partial charge in [-0.15, -0.1) is 0 Å². The summed E-state index contributed by atoms with van der Waals surface area (Å²) in [7, 11) is 2.01. The van der Waals surface area contributed by atoms with Crippen molar-refractivity contribution in [1.29, 1.82) is 0 Å². The van der Waals surface area contributed by atoms with E-state index in [1.54, 1.807) is 0 Å². The molecule has 4 heteroatoms. The third-order valence-electron chi connectivity index (χ3n) is 3.80. The van der Waals surface area contributed by atoms with Gasteiger partial charge in [-0.1, -0.05) is 6.92 Å². The van der Waals surface area contributed by atoms with Gasteiger partial charge < -0.3 is 14.7 Å². The van der Waals surface area contributed by atoms with Crippen LogP contribution in [0.5, 0.6) is 0 Å². The number of nitrogens with zero attached hydrogens (tertiary/aromatic N) is 1. The molecule has 1 fully saturated rings. The van der Waals surface area contributed by atoms with Crippen molar-refractivity contribution < 1.29 is 14.6 Å². The summed E-state index contributed by atoms with van der Waals surface area (Å²) in [6.45, 7) is 6.02. The molecule has 1 aliphatic rings. The van der Waals surface area contributed by atoms with Gasteiger partial charge >= 0.3 is 5.97 Å². The highest BCUT2D eigenvalue weighted by atomic mass is 16.5. The molecule has 1 aliphatic heterocycles. The molecule has 0 bridgehead atoms. The molecule has 1 N–H and O–H groups in total. The van der Waals surface area contributed by atoms with Crippen molar-refractivity contribution >= 4 is 5.97 Å². The third-order valence-corrected chi connectivity index (χ3v) is 3.80. The number of carboxylic acids is 1. The van der Waals surface area contributed by atoms with E-state index in [2.05, 4.69) is 18.7 Å². The summed E-state index contributed by atoms with van der Waals surface area (Å²) in [5.74, 6) is -0.675. The van der Waals surface area contributed by atoms with Crippen LogP contribution in [0.25, 0.3) is 0 Å². The van der Waals surface area contributed by atoms with Crippen LogP contribution in [0.1, 0.15) is 33.1 Å². The third kappa shape index (κ3) is 2.95. The van der Waals surface area contributed by atoms with Crippen molar-refractivity contribution in [3.63, 3.8) is 0 Å². The molecule has 94 valence electrons. The summed E-state index contributed by atoms with van der Waals surface area (Å²) in [5.41, 5.74) is -0.601. The van der Waals surface area contributed by atoms with Gasteiger partial charge in [0, 0.05) is 25.8 Å². The molecule has 1 atom stereocenters. The highest BCUT2D eigenvalue weighted by molar-refractivity contribution is 5.75. The maximum absolute atomic E-state index is 11.4. The van der Waals surface area contributed by atoms with Gasteiger partial charge in [0.15, 0.2) is 0 Å². The quantitative estimate of drug-likeness (QED) is 0.778. The average Bonchev–Trinajstić information content (AvgIpc) is 2.28. The summed E-state index contributed by atoms with van der Waals surface area (Å²) in [5, 5.41) is 9.41. The topological polar surface area (TPSA) is 49.8 Å². The van der Waals surface area contributed by atoms with Crippen LogP contribution in [-0.4, -0.2) is 48.8 Å². The second-order valence-electron chi connectivity index (χ2n) is 4.87. The van der Waals surface area contributed by atoms with Crippen LogP contribution in [0.3, 0.4) is 0 Å². The summed E-state index contributed by atoms with van der Waals surface area (Å²) in [6, 6.07) is 0.430. The maximum atomic E-state index is 11.4. The minimum atomic E-state index is -0.675. The van der Waals surface area contributed by atoms with E-state index < -0.39 is 11.4 Å². The molecule has 1 heterocycles. The van der Waals surface area contributed by atoms with Crippen molar-refractivity contribution in [1.82, 2.24) is 4.90 Å². The maximum Gasteiger partial charge on any atom is 0.311 e. The lowest BCUT2D eigenvalue weighted by atomic mass is 9.79. The normalized spacial score (nSPS) is 22.0. The first-order chi connectivity index (χ1) is 7.52. The fourth-order valence-electron chi connectivity index (χ4n) is 2.15. The molecule has 0 aromatic heterocycles. The second-order valence-corrected chi connectivity index (χ2v) is 4.87. The van der Waals surface area contributed by atoms with Crippen LogP contribution in [0.2, 0.25) is 0 Å². The Kier molecular flexibility index (Phi) is 4.74. The number of hydrogen-bond donors (Lipinski definition) is 1. The summed E-state index contributed by atoms with van der Waals surface area (Å²) < 4.78 is 5.26. The van der Waals surface area contributed by atoms with Crippen molar-refractivity contribution in [3.05, 3.63) is 0 Å². The lowest BCUT2D eigenvalue weighted by Crippen LogP contribution is -2.47. The van der Waals surface area contributed by atoms with E-state index in [9.17, 15) is 9.90 Å². The Balaban J connectivity index is 2.67. The molecule has 4 nitrogen and oxygen atoms in total. The van der Waals surface area contributed by atoms with Crippen molar-refractivity contribution in [2.75, 3.05) is 26.8 Å². The standard InChI is InChI=1S/C12H23NO3/c1-4-10(2)13(3)9-12(11(14)15)5-7-16-8-6-12/h10H,4-9H2,1-3H3,(H,14,15). The molecule has 0 saturated carbocycles. The predicted octanol–water partition coefficient (Wildman–Crippen LogP) is 1.60. The molecule has 0 amide bonds. The monoisotopic (exact) mass is 229 g/mol. The lowest BCUT2D eigenvalue weighted by Gasteiger charge is -2.38. The van der Waals surface area contributed by atoms with Crippen molar-refractivity contribution in [2.24, 2.45) is 5.41 Å². The lowest BCUT2D eigenvalue weighted by molar-refractivity contribution is -0.156. The minimum Gasteiger partial charge on any atom is -0.481 e. The molecule has 0 radical (unpaired) electrons. The first kappa shape index (κ1) is 13.5. The second kappa shape index (κ2) is 5.64. The van der Waals surface area contributed by atoms with Gasteiger partial charge in [0.25, 0.3) is 0 Å². The van der Waals surface area contributed by atoms with E-state index in [0.29, 0.717) is 38.6 Å². The Morgan fingerprint density at radius 3 is 2.50 bits per heavy atom. The molecular weight excluding hydrogens is 206 g/mol. The number of carbonyl (C=O) groups is 1. The molecule has 1 unspecified atom stereocenters. The number of hydrogen-bond acceptors (Lipinski definition) is 3. The van der Waals surface area contributed by atoms with E-state index in [1.807, 2.05) is 7.05 Å². The van der Waals surface area contributed by atoms with Gasteiger partial charge in [0.2, 0.25) is 0 Å². The number of carboxylic acid groups (broad SMARTS) is 1. The van der Waals surface area contributed by atoms with E-state index >= 15 is 0 Å². The Morgan fingerprint density at radius 1 is 1.50 bits per heavy atom. The molecular formula is C12H23NO3. The Labute approximate surface area is 97.6 Å². The first-order valence-electron chi connectivity index (χ1n) is 6.03. The van der Waals surface area contributed by atoms with Crippen LogP contribution < -0.4 is 0 Å². The molecule has 1 rings (SSSR count). The van der Waals surface area contributed by atoms with Crippen molar-refractivity contribution in [3.8, 4) is 0 Å². The van der Waals surface area contributed by atoms with Gasteiger partial charge in [-0.25, -0.2) is 0 Å². The summed E-state index contributed by atoms with van der Waals surface area (Å²) in [6.07, 6.45) is 2.30. The van der Waals surface area contributed by atoms with Gasteiger partial charge in [-0.2, -0.15) is 0 Å².